The highest BCUT2D eigenvalue weighted by molar-refractivity contribution is 5.28. The van der Waals surface area contributed by atoms with Gasteiger partial charge in [-0.25, -0.2) is 9.37 Å². The fourth-order valence-corrected chi connectivity index (χ4v) is 1.89. The van der Waals surface area contributed by atoms with Crippen LogP contribution in [0.1, 0.15) is 23.1 Å². The topological polar surface area (TPSA) is 38.0 Å². The quantitative estimate of drug-likeness (QED) is 0.885. The van der Waals surface area contributed by atoms with Crippen molar-refractivity contribution in [3.63, 3.8) is 0 Å². The fraction of sp³-hybridized carbons (Fsp3) is 0.308. The molecule has 1 aromatic heterocycles. The molecule has 0 bridgehead atoms. The average Bonchev–Trinajstić information content (AvgIpc) is 2.64. The van der Waals surface area contributed by atoms with E-state index in [9.17, 15) is 9.50 Å². The van der Waals surface area contributed by atoms with E-state index in [4.69, 9.17) is 0 Å². The van der Waals surface area contributed by atoms with Gasteiger partial charge in [-0.3, -0.25) is 0 Å². The van der Waals surface area contributed by atoms with E-state index in [0.717, 1.165) is 17.0 Å². The average molecular weight is 234 g/mol. The van der Waals surface area contributed by atoms with Gasteiger partial charge in [0.1, 0.15) is 11.6 Å². The standard InChI is InChI=1S/C13H15FN2O/c1-9-7-11(14)3-4-12(9)13(17)8-16-6-5-15-10(16)2/h3-7,13,17H,8H2,1-2H3. The van der Waals surface area contributed by atoms with E-state index in [0.29, 0.717) is 6.54 Å². The molecule has 0 aliphatic carbocycles. The molecule has 0 saturated carbocycles. The maximum absolute atomic E-state index is 13.0. The summed E-state index contributed by atoms with van der Waals surface area (Å²) in [6.07, 6.45) is 2.86. The first-order chi connectivity index (χ1) is 8.08. The Balaban J connectivity index is 2.20. The molecule has 2 rings (SSSR count). The van der Waals surface area contributed by atoms with E-state index in [-0.39, 0.29) is 5.82 Å². The number of hydrogen-bond donors (Lipinski definition) is 1. The third-order valence-electron chi connectivity index (χ3n) is 2.88. The molecule has 4 heteroatoms. The fourth-order valence-electron chi connectivity index (χ4n) is 1.89. The first-order valence-electron chi connectivity index (χ1n) is 5.50. The van der Waals surface area contributed by atoms with Crippen molar-refractivity contribution >= 4 is 0 Å². The minimum absolute atomic E-state index is 0.280. The Hall–Kier alpha value is -1.68. The highest BCUT2D eigenvalue weighted by Gasteiger charge is 2.12. The van der Waals surface area contributed by atoms with E-state index in [1.54, 1.807) is 19.2 Å². The van der Waals surface area contributed by atoms with Crippen LogP contribution in [0.4, 0.5) is 4.39 Å². The summed E-state index contributed by atoms with van der Waals surface area (Å²) in [6.45, 7) is 4.10. The lowest BCUT2D eigenvalue weighted by molar-refractivity contribution is 0.155. The largest absolute Gasteiger partial charge is 0.387 e. The lowest BCUT2D eigenvalue weighted by Gasteiger charge is -2.15. The maximum atomic E-state index is 13.0. The van der Waals surface area contributed by atoms with Crippen LogP contribution in [-0.2, 0) is 6.54 Å². The van der Waals surface area contributed by atoms with Gasteiger partial charge in [0.15, 0.2) is 0 Å². The Morgan fingerprint density at radius 2 is 2.18 bits per heavy atom. The van der Waals surface area contributed by atoms with Gasteiger partial charge in [-0.05, 0) is 37.1 Å². The number of benzene rings is 1. The molecule has 0 aliphatic rings. The van der Waals surface area contributed by atoms with Crippen LogP contribution < -0.4 is 0 Å². The summed E-state index contributed by atoms with van der Waals surface area (Å²) in [6, 6.07) is 4.42. The van der Waals surface area contributed by atoms with Crippen molar-refractivity contribution in [2.75, 3.05) is 0 Å². The molecule has 0 radical (unpaired) electrons. The van der Waals surface area contributed by atoms with E-state index >= 15 is 0 Å². The smallest absolute Gasteiger partial charge is 0.123 e. The molecule has 1 aromatic carbocycles. The number of aryl methyl sites for hydroxylation is 2. The predicted octanol–water partition coefficient (Wildman–Crippen LogP) is 2.37. The Morgan fingerprint density at radius 1 is 1.41 bits per heavy atom. The lowest BCUT2D eigenvalue weighted by atomic mass is 10.0. The Kier molecular flexibility index (Phi) is 3.24. The summed E-state index contributed by atoms with van der Waals surface area (Å²) in [7, 11) is 0. The summed E-state index contributed by atoms with van der Waals surface area (Å²) in [5.74, 6) is 0.570. The number of halogens is 1. The van der Waals surface area contributed by atoms with Gasteiger partial charge in [-0.2, -0.15) is 0 Å². The molecule has 1 unspecified atom stereocenters. The van der Waals surface area contributed by atoms with Gasteiger partial charge in [0.05, 0.1) is 12.6 Å². The molecular formula is C13H15FN2O. The second-order valence-electron chi connectivity index (χ2n) is 4.14. The van der Waals surface area contributed by atoms with Crippen LogP contribution in [0.3, 0.4) is 0 Å². The molecule has 0 amide bonds. The third kappa shape index (κ3) is 2.53. The lowest BCUT2D eigenvalue weighted by Crippen LogP contribution is -2.10. The van der Waals surface area contributed by atoms with Gasteiger partial charge < -0.3 is 9.67 Å². The van der Waals surface area contributed by atoms with Gasteiger partial charge in [-0.15, -0.1) is 0 Å². The van der Waals surface area contributed by atoms with Gasteiger partial charge in [0, 0.05) is 12.4 Å². The number of nitrogens with zero attached hydrogens (tertiary/aromatic N) is 2. The van der Waals surface area contributed by atoms with Crippen molar-refractivity contribution in [1.29, 1.82) is 0 Å². The van der Waals surface area contributed by atoms with Crippen LogP contribution >= 0.6 is 0 Å². The highest BCUT2D eigenvalue weighted by atomic mass is 19.1. The molecule has 1 atom stereocenters. The van der Waals surface area contributed by atoms with Crippen LogP contribution in [0.15, 0.2) is 30.6 Å². The molecule has 0 spiro atoms. The summed E-state index contributed by atoms with van der Waals surface area (Å²) >= 11 is 0. The first-order valence-corrected chi connectivity index (χ1v) is 5.50. The minimum atomic E-state index is -0.650. The van der Waals surface area contributed by atoms with Gasteiger partial charge in [0.2, 0.25) is 0 Å². The van der Waals surface area contributed by atoms with Gasteiger partial charge >= 0.3 is 0 Å². The van der Waals surface area contributed by atoms with Crippen molar-refractivity contribution in [1.82, 2.24) is 9.55 Å². The van der Waals surface area contributed by atoms with Crippen molar-refractivity contribution in [2.45, 2.75) is 26.5 Å². The van der Waals surface area contributed by atoms with Crippen molar-refractivity contribution < 1.29 is 9.50 Å². The van der Waals surface area contributed by atoms with E-state index in [2.05, 4.69) is 4.98 Å². The van der Waals surface area contributed by atoms with Gasteiger partial charge in [0.25, 0.3) is 0 Å². The summed E-state index contributed by atoms with van der Waals surface area (Å²) in [5, 5.41) is 10.1. The molecule has 1 N–H and O–H groups in total. The molecule has 90 valence electrons. The molecule has 17 heavy (non-hydrogen) atoms. The third-order valence-corrected chi connectivity index (χ3v) is 2.88. The SMILES string of the molecule is Cc1cc(F)ccc1C(O)Cn1ccnc1C. The van der Waals surface area contributed by atoms with Crippen LogP contribution in [-0.4, -0.2) is 14.7 Å². The molecule has 2 aromatic rings. The molecule has 1 heterocycles. The summed E-state index contributed by atoms with van der Waals surface area (Å²) < 4.78 is 14.8. The number of aromatic nitrogens is 2. The normalized spacial score (nSPS) is 12.7. The van der Waals surface area contributed by atoms with Crippen molar-refractivity contribution in [3.05, 3.63) is 53.4 Å². The molecular weight excluding hydrogens is 219 g/mol. The zero-order valence-electron chi connectivity index (χ0n) is 9.89. The van der Waals surface area contributed by atoms with Crippen LogP contribution in [0, 0.1) is 19.7 Å². The number of rotatable bonds is 3. The van der Waals surface area contributed by atoms with Crippen LogP contribution in [0.2, 0.25) is 0 Å². The van der Waals surface area contributed by atoms with Crippen LogP contribution in [0.25, 0.3) is 0 Å². The number of aliphatic hydroxyl groups is 1. The van der Waals surface area contributed by atoms with E-state index < -0.39 is 6.10 Å². The zero-order chi connectivity index (χ0) is 12.4. The van der Waals surface area contributed by atoms with Crippen molar-refractivity contribution in [3.8, 4) is 0 Å². The highest BCUT2D eigenvalue weighted by Crippen LogP contribution is 2.20. The molecule has 0 aliphatic heterocycles. The molecule has 0 fully saturated rings. The molecule has 3 nitrogen and oxygen atoms in total. The second-order valence-corrected chi connectivity index (χ2v) is 4.14. The second kappa shape index (κ2) is 4.67. The maximum Gasteiger partial charge on any atom is 0.123 e. The van der Waals surface area contributed by atoms with E-state index in [1.807, 2.05) is 17.7 Å². The minimum Gasteiger partial charge on any atom is -0.387 e. The predicted molar refractivity (Wildman–Crippen MR) is 63.1 cm³/mol. The van der Waals surface area contributed by atoms with Gasteiger partial charge in [-0.1, -0.05) is 6.07 Å². The van der Waals surface area contributed by atoms with Crippen molar-refractivity contribution in [2.24, 2.45) is 0 Å². The molecule has 0 saturated heterocycles. The summed E-state index contributed by atoms with van der Waals surface area (Å²) in [4.78, 5) is 4.09. The Morgan fingerprint density at radius 3 is 2.76 bits per heavy atom. The number of aliphatic hydroxyl groups excluding tert-OH is 1. The Labute approximate surface area is 99.5 Å². The number of hydrogen-bond acceptors (Lipinski definition) is 2. The monoisotopic (exact) mass is 234 g/mol. The van der Waals surface area contributed by atoms with E-state index in [1.165, 1.54) is 12.1 Å². The zero-order valence-corrected chi connectivity index (χ0v) is 9.89. The van der Waals surface area contributed by atoms with Crippen LogP contribution in [0.5, 0.6) is 0 Å². The Bertz CT molecular complexity index is 522. The first kappa shape index (κ1) is 11.8. The number of imidazole rings is 1. The summed E-state index contributed by atoms with van der Waals surface area (Å²) in [5.41, 5.74) is 1.51.